The van der Waals surface area contributed by atoms with Crippen molar-refractivity contribution in [3.05, 3.63) is 84.7 Å². The predicted molar refractivity (Wildman–Crippen MR) is 127 cm³/mol. The van der Waals surface area contributed by atoms with E-state index >= 15 is 0 Å². The maximum atomic E-state index is 6.15. The highest BCUT2D eigenvalue weighted by Gasteiger charge is 2.17. The van der Waals surface area contributed by atoms with Gasteiger partial charge in [-0.15, -0.1) is 10.2 Å². The van der Waals surface area contributed by atoms with Crippen LogP contribution in [0.2, 0.25) is 0 Å². The first-order valence-electron chi connectivity index (χ1n) is 10.0. The first kappa shape index (κ1) is 20.0. The molecule has 5 rings (SSSR count). The van der Waals surface area contributed by atoms with Crippen molar-refractivity contribution in [2.24, 2.45) is 0 Å². The van der Waals surface area contributed by atoms with Crippen LogP contribution in [0.15, 0.2) is 84.0 Å². The zero-order chi connectivity index (χ0) is 21.9. The SMILES string of the molecule is COc1cccc(-c2nnc(SCc3nc(N)c4ccccc4n3)n2-c2ccccc2)c1. The molecule has 8 heteroatoms. The summed E-state index contributed by atoms with van der Waals surface area (Å²) in [6, 6.07) is 25.6. The van der Waals surface area contributed by atoms with Gasteiger partial charge in [0.05, 0.1) is 18.4 Å². The average molecular weight is 441 g/mol. The summed E-state index contributed by atoms with van der Waals surface area (Å²) in [6.07, 6.45) is 0. The maximum Gasteiger partial charge on any atom is 0.196 e. The molecular weight excluding hydrogens is 420 g/mol. The normalized spacial score (nSPS) is 11.0. The number of fused-ring (bicyclic) bond motifs is 1. The summed E-state index contributed by atoms with van der Waals surface area (Å²) in [7, 11) is 1.65. The van der Waals surface area contributed by atoms with Gasteiger partial charge in [0.15, 0.2) is 11.0 Å². The zero-order valence-corrected chi connectivity index (χ0v) is 18.2. The Morgan fingerprint density at radius 3 is 2.56 bits per heavy atom. The van der Waals surface area contributed by atoms with Crippen LogP contribution in [0, 0.1) is 0 Å². The highest BCUT2D eigenvalue weighted by Crippen LogP contribution is 2.31. The summed E-state index contributed by atoms with van der Waals surface area (Å²) in [4.78, 5) is 9.13. The van der Waals surface area contributed by atoms with Crippen molar-refractivity contribution in [2.75, 3.05) is 12.8 Å². The molecule has 7 nitrogen and oxygen atoms in total. The Bertz CT molecular complexity index is 1390. The molecule has 0 spiro atoms. The lowest BCUT2D eigenvalue weighted by molar-refractivity contribution is 0.415. The molecule has 0 aliphatic carbocycles. The molecular formula is C24H20N6OS. The van der Waals surface area contributed by atoms with E-state index in [1.54, 1.807) is 7.11 Å². The highest BCUT2D eigenvalue weighted by atomic mass is 32.2. The van der Waals surface area contributed by atoms with Gasteiger partial charge in [0.1, 0.15) is 17.4 Å². The Morgan fingerprint density at radius 1 is 0.906 bits per heavy atom. The predicted octanol–water partition coefficient (Wildman–Crippen LogP) is 4.76. The first-order chi connectivity index (χ1) is 15.7. The summed E-state index contributed by atoms with van der Waals surface area (Å²) in [6.45, 7) is 0. The number of nitrogens with two attached hydrogens (primary N) is 1. The lowest BCUT2D eigenvalue weighted by Gasteiger charge is -2.11. The summed E-state index contributed by atoms with van der Waals surface area (Å²) in [5.41, 5.74) is 8.86. The Hall–Kier alpha value is -3.91. The number of aromatic nitrogens is 5. The number of thioether (sulfide) groups is 1. The van der Waals surface area contributed by atoms with Gasteiger partial charge in [0.2, 0.25) is 0 Å². The van der Waals surface area contributed by atoms with Crippen molar-refractivity contribution in [2.45, 2.75) is 10.9 Å². The molecule has 0 bridgehead atoms. The smallest absolute Gasteiger partial charge is 0.196 e. The van der Waals surface area contributed by atoms with Gasteiger partial charge < -0.3 is 10.5 Å². The third-order valence-corrected chi connectivity index (χ3v) is 5.91. The van der Waals surface area contributed by atoms with Crippen LogP contribution in [0.5, 0.6) is 5.75 Å². The van der Waals surface area contributed by atoms with E-state index in [0.717, 1.165) is 38.9 Å². The van der Waals surface area contributed by atoms with E-state index < -0.39 is 0 Å². The molecule has 0 unspecified atom stereocenters. The van der Waals surface area contributed by atoms with Crippen LogP contribution < -0.4 is 10.5 Å². The molecule has 2 aromatic heterocycles. The number of methoxy groups -OCH3 is 1. The molecule has 0 aliphatic heterocycles. The largest absolute Gasteiger partial charge is 0.497 e. The van der Waals surface area contributed by atoms with E-state index in [0.29, 0.717) is 17.4 Å². The minimum atomic E-state index is 0.479. The second kappa shape index (κ2) is 8.68. The minimum Gasteiger partial charge on any atom is -0.497 e. The number of para-hydroxylation sites is 2. The van der Waals surface area contributed by atoms with Crippen molar-refractivity contribution in [1.29, 1.82) is 0 Å². The molecule has 3 aromatic carbocycles. The molecule has 0 atom stereocenters. The van der Waals surface area contributed by atoms with Crippen LogP contribution >= 0.6 is 11.8 Å². The van der Waals surface area contributed by atoms with E-state index in [4.69, 9.17) is 10.5 Å². The summed E-state index contributed by atoms with van der Waals surface area (Å²) in [5, 5.41) is 10.6. The topological polar surface area (TPSA) is 91.7 Å². The molecule has 0 saturated heterocycles. The third-order valence-electron chi connectivity index (χ3n) is 4.99. The fraction of sp³-hybridized carbons (Fsp3) is 0.0833. The first-order valence-corrected chi connectivity index (χ1v) is 11.0. The number of rotatable bonds is 6. The number of nitrogen functional groups attached to an aromatic ring is 1. The Balaban J connectivity index is 1.52. The second-order valence-electron chi connectivity index (χ2n) is 7.04. The molecule has 2 N–H and O–H groups in total. The average Bonchev–Trinajstić information content (AvgIpc) is 3.27. The van der Waals surface area contributed by atoms with Gasteiger partial charge in [-0.05, 0) is 36.4 Å². The van der Waals surface area contributed by atoms with Gasteiger partial charge in [-0.3, -0.25) is 4.57 Å². The molecule has 0 aliphatic rings. The number of nitrogens with zero attached hydrogens (tertiary/aromatic N) is 5. The summed E-state index contributed by atoms with van der Waals surface area (Å²) < 4.78 is 7.42. The van der Waals surface area contributed by atoms with Crippen LogP contribution in [0.25, 0.3) is 28.0 Å². The van der Waals surface area contributed by atoms with E-state index in [2.05, 4.69) is 20.2 Å². The minimum absolute atomic E-state index is 0.479. The van der Waals surface area contributed by atoms with Crippen LogP contribution in [-0.4, -0.2) is 31.8 Å². The fourth-order valence-electron chi connectivity index (χ4n) is 3.47. The summed E-state index contributed by atoms with van der Waals surface area (Å²) in [5.74, 6) is 3.14. The zero-order valence-electron chi connectivity index (χ0n) is 17.3. The molecule has 2 heterocycles. The number of hydrogen-bond acceptors (Lipinski definition) is 7. The van der Waals surface area contributed by atoms with Gasteiger partial charge in [-0.2, -0.15) is 0 Å². The summed E-state index contributed by atoms with van der Waals surface area (Å²) >= 11 is 1.52. The van der Waals surface area contributed by atoms with Gasteiger partial charge in [0.25, 0.3) is 0 Å². The lowest BCUT2D eigenvalue weighted by Crippen LogP contribution is -2.02. The molecule has 5 aromatic rings. The number of anilines is 1. The Morgan fingerprint density at radius 2 is 1.72 bits per heavy atom. The molecule has 32 heavy (non-hydrogen) atoms. The van der Waals surface area contributed by atoms with Crippen molar-refractivity contribution < 1.29 is 4.74 Å². The highest BCUT2D eigenvalue weighted by molar-refractivity contribution is 7.98. The standard InChI is InChI=1S/C24H20N6OS/c1-31-18-11-7-8-16(14-18)23-28-29-24(30(23)17-9-3-2-4-10-17)32-15-21-26-20-13-6-5-12-19(20)22(25)27-21/h2-14H,15H2,1H3,(H2,25,26,27). The fourth-order valence-corrected chi connectivity index (χ4v) is 4.27. The Kier molecular flexibility index (Phi) is 5.43. The molecule has 0 saturated carbocycles. The van der Waals surface area contributed by atoms with E-state index in [1.807, 2.05) is 83.4 Å². The molecule has 158 valence electrons. The van der Waals surface area contributed by atoms with Crippen LogP contribution in [0.3, 0.4) is 0 Å². The second-order valence-corrected chi connectivity index (χ2v) is 7.98. The number of ether oxygens (including phenoxy) is 1. The lowest BCUT2D eigenvalue weighted by atomic mass is 10.2. The monoisotopic (exact) mass is 440 g/mol. The van der Waals surface area contributed by atoms with E-state index in [1.165, 1.54) is 11.8 Å². The molecule has 0 radical (unpaired) electrons. The molecule has 0 amide bonds. The van der Waals surface area contributed by atoms with Gasteiger partial charge >= 0.3 is 0 Å². The van der Waals surface area contributed by atoms with E-state index in [9.17, 15) is 0 Å². The Labute approximate surface area is 189 Å². The van der Waals surface area contributed by atoms with Crippen LogP contribution in [0.1, 0.15) is 5.82 Å². The van der Waals surface area contributed by atoms with Gasteiger partial charge in [0, 0.05) is 16.6 Å². The third kappa shape index (κ3) is 3.88. The molecule has 0 fully saturated rings. The quantitative estimate of drug-likeness (QED) is 0.381. The maximum absolute atomic E-state index is 6.15. The number of hydrogen-bond donors (Lipinski definition) is 1. The van der Waals surface area contributed by atoms with Crippen molar-refractivity contribution in [3.63, 3.8) is 0 Å². The van der Waals surface area contributed by atoms with Crippen molar-refractivity contribution >= 4 is 28.5 Å². The van der Waals surface area contributed by atoms with Crippen LogP contribution in [0.4, 0.5) is 5.82 Å². The van der Waals surface area contributed by atoms with E-state index in [-0.39, 0.29) is 0 Å². The van der Waals surface area contributed by atoms with Gasteiger partial charge in [-0.25, -0.2) is 9.97 Å². The number of benzene rings is 3. The van der Waals surface area contributed by atoms with Crippen molar-refractivity contribution in [3.8, 4) is 22.8 Å². The van der Waals surface area contributed by atoms with Gasteiger partial charge in [-0.1, -0.05) is 54.2 Å². The van der Waals surface area contributed by atoms with Crippen LogP contribution in [-0.2, 0) is 5.75 Å². The van der Waals surface area contributed by atoms with Crippen molar-refractivity contribution in [1.82, 2.24) is 24.7 Å².